The zero-order chi connectivity index (χ0) is 15.3. The first-order valence-corrected chi connectivity index (χ1v) is 6.80. The van der Waals surface area contributed by atoms with Gasteiger partial charge in [0.1, 0.15) is 11.3 Å². The minimum absolute atomic E-state index is 0.0863. The van der Waals surface area contributed by atoms with Gasteiger partial charge >= 0.3 is 0 Å². The Hall–Kier alpha value is -1.75. The second-order valence-corrected chi connectivity index (χ2v) is 5.13. The zero-order valence-electron chi connectivity index (χ0n) is 13.0. The second-order valence-electron chi connectivity index (χ2n) is 5.13. The summed E-state index contributed by atoms with van der Waals surface area (Å²) in [4.78, 5) is 16.6. The van der Waals surface area contributed by atoms with E-state index in [1.807, 2.05) is 32.8 Å². The van der Waals surface area contributed by atoms with Crippen LogP contribution < -0.4 is 10.5 Å². The molecule has 1 unspecified atom stereocenters. The summed E-state index contributed by atoms with van der Waals surface area (Å²) in [6.45, 7) is 5.43. The van der Waals surface area contributed by atoms with Crippen LogP contribution in [0.15, 0.2) is 18.2 Å². The van der Waals surface area contributed by atoms with Crippen LogP contribution in [0.4, 0.5) is 5.69 Å². The molecule has 0 saturated carbocycles. The number of methoxy groups -OCH3 is 1. The number of nitrogen functional groups attached to an aromatic ring is 1. The van der Waals surface area contributed by atoms with E-state index in [2.05, 4.69) is 4.90 Å². The molecule has 0 spiro atoms. The number of anilines is 1. The van der Waals surface area contributed by atoms with Gasteiger partial charge in [0, 0.05) is 24.8 Å². The molecule has 2 N–H and O–H groups in total. The van der Waals surface area contributed by atoms with E-state index in [1.165, 1.54) is 0 Å². The van der Waals surface area contributed by atoms with Crippen LogP contribution in [0.2, 0.25) is 0 Å². The average Bonchev–Trinajstić information content (AvgIpc) is 2.37. The summed E-state index contributed by atoms with van der Waals surface area (Å²) in [6.07, 6.45) is 0. The number of amides is 1. The van der Waals surface area contributed by atoms with Gasteiger partial charge in [-0.05, 0) is 40.1 Å². The van der Waals surface area contributed by atoms with E-state index in [9.17, 15) is 4.79 Å². The topological polar surface area (TPSA) is 58.8 Å². The molecular weight excluding hydrogens is 254 g/mol. The number of carbonyl (C=O) groups is 1. The van der Waals surface area contributed by atoms with Crippen molar-refractivity contribution in [1.82, 2.24) is 9.80 Å². The molecule has 0 heterocycles. The number of hydrogen-bond donors (Lipinski definition) is 1. The van der Waals surface area contributed by atoms with E-state index < -0.39 is 0 Å². The predicted octanol–water partition coefficient (Wildman–Crippen LogP) is 1.69. The maximum absolute atomic E-state index is 12.7. The molecule has 112 valence electrons. The number of likely N-dealkylation sites (N-methyl/N-ethyl adjacent to an activating group) is 2. The lowest BCUT2D eigenvalue weighted by molar-refractivity contribution is 0.0677. The Morgan fingerprint density at radius 2 is 2.05 bits per heavy atom. The van der Waals surface area contributed by atoms with Crippen molar-refractivity contribution in [2.24, 2.45) is 0 Å². The van der Waals surface area contributed by atoms with Gasteiger partial charge in [0.2, 0.25) is 0 Å². The van der Waals surface area contributed by atoms with Crippen molar-refractivity contribution in [3.05, 3.63) is 23.8 Å². The minimum Gasteiger partial charge on any atom is -0.496 e. The lowest BCUT2D eigenvalue weighted by Gasteiger charge is -2.31. The van der Waals surface area contributed by atoms with Crippen LogP contribution in [-0.4, -0.2) is 56.0 Å². The molecular formula is C15H25N3O2. The van der Waals surface area contributed by atoms with E-state index in [-0.39, 0.29) is 11.9 Å². The summed E-state index contributed by atoms with van der Waals surface area (Å²) < 4.78 is 5.26. The average molecular weight is 279 g/mol. The molecule has 0 radical (unpaired) electrons. The number of hydrogen-bond acceptors (Lipinski definition) is 4. The number of rotatable bonds is 6. The Morgan fingerprint density at radius 1 is 1.40 bits per heavy atom. The fraction of sp³-hybridized carbons (Fsp3) is 0.533. The number of nitrogens with two attached hydrogens (primary N) is 1. The SMILES string of the molecule is CCN(C(=O)c1c(N)cccc1OC)C(C)CN(C)C. The molecule has 0 aliphatic carbocycles. The van der Waals surface area contributed by atoms with Crippen molar-refractivity contribution >= 4 is 11.6 Å². The van der Waals surface area contributed by atoms with Gasteiger partial charge in [-0.2, -0.15) is 0 Å². The molecule has 20 heavy (non-hydrogen) atoms. The van der Waals surface area contributed by atoms with Gasteiger partial charge in [-0.15, -0.1) is 0 Å². The molecule has 1 atom stereocenters. The first-order chi connectivity index (χ1) is 9.42. The second kappa shape index (κ2) is 7.14. The summed E-state index contributed by atoms with van der Waals surface area (Å²) in [5.41, 5.74) is 6.85. The highest BCUT2D eigenvalue weighted by atomic mass is 16.5. The summed E-state index contributed by atoms with van der Waals surface area (Å²) in [5, 5.41) is 0. The highest BCUT2D eigenvalue weighted by Crippen LogP contribution is 2.26. The molecule has 0 fully saturated rings. The molecule has 1 rings (SSSR count). The molecule has 0 aliphatic heterocycles. The monoisotopic (exact) mass is 279 g/mol. The summed E-state index contributed by atoms with van der Waals surface area (Å²) in [5.74, 6) is 0.433. The van der Waals surface area contributed by atoms with Gasteiger partial charge in [-0.1, -0.05) is 6.07 Å². The third kappa shape index (κ3) is 3.63. The van der Waals surface area contributed by atoms with Gasteiger partial charge < -0.3 is 20.3 Å². The predicted molar refractivity (Wildman–Crippen MR) is 82.1 cm³/mol. The molecule has 0 bridgehead atoms. The van der Waals surface area contributed by atoms with E-state index in [4.69, 9.17) is 10.5 Å². The maximum atomic E-state index is 12.7. The highest BCUT2D eigenvalue weighted by molar-refractivity contribution is 6.02. The molecule has 0 aromatic heterocycles. The van der Waals surface area contributed by atoms with Crippen LogP contribution in [0.5, 0.6) is 5.75 Å². The highest BCUT2D eigenvalue weighted by Gasteiger charge is 2.25. The number of ether oxygens (including phenoxy) is 1. The van der Waals surface area contributed by atoms with Crippen LogP contribution in [-0.2, 0) is 0 Å². The smallest absolute Gasteiger partial charge is 0.260 e. The zero-order valence-corrected chi connectivity index (χ0v) is 13.0. The fourth-order valence-corrected chi connectivity index (χ4v) is 2.37. The summed E-state index contributed by atoms with van der Waals surface area (Å²) in [7, 11) is 5.53. The lowest BCUT2D eigenvalue weighted by atomic mass is 10.1. The number of carbonyl (C=O) groups excluding carboxylic acids is 1. The van der Waals surface area contributed by atoms with E-state index in [1.54, 1.807) is 25.3 Å². The largest absolute Gasteiger partial charge is 0.496 e. The van der Waals surface area contributed by atoms with Crippen LogP contribution in [0.1, 0.15) is 24.2 Å². The van der Waals surface area contributed by atoms with Crippen molar-refractivity contribution < 1.29 is 9.53 Å². The lowest BCUT2D eigenvalue weighted by Crippen LogP contribution is -2.44. The third-order valence-corrected chi connectivity index (χ3v) is 3.26. The Labute approximate surface area is 121 Å². The molecule has 1 aromatic rings. The van der Waals surface area contributed by atoms with Crippen molar-refractivity contribution in [3.63, 3.8) is 0 Å². The normalized spacial score (nSPS) is 12.3. The van der Waals surface area contributed by atoms with Gasteiger partial charge in [-0.25, -0.2) is 0 Å². The summed E-state index contributed by atoms with van der Waals surface area (Å²) >= 11 is 0. The van der Waals surface area contributed by atoms with Gasteiger partial charge in [0.25, 0.3) is 5.91 Å². The Balaban J connectivity index is 3.08. The molecule has 5 nitrogen and oxygen atoms in total. The van der Waals surface area contributed by atoms with Gasteiger partial charge in [0.15, 0.2) is 0 Å². The van der Waals surface area contributed by atoms with E-state index in [0.29, 0.717) is 23.5 Å². The van der Waals surface area contributed by atoms with Gasteiger partial charge in [0.05, 0.1) is 7.11 Å². The van der Waals surface area contributed by atoms with Crippen LogP contribution in [0.3, 0.4) is 0 Å². The van der Waals surface area contributed by atoms with Crippen LogP contribution in [0.25, 0.3) is 0 Å². The first-order valence-electron chi connectivity index (χ1n) is 6.80. The summed E-state index contributed by atoms with van der Waals surface area (Å²) in [6, 6.07) is 5.37. The van der Waals surface area contributed by atoms with Crippen molar-refractivity contribution in [1.29, 1.82) is 0 Å². The number of nitrogens with zero attached hydrogens (tertiary/aromatic N) is 2. The minimum atomic E-state index is -0.0863. The van der Waals surface area contributed by atoms with Crippen molar-refractivity contribution in [2.75, 3.05) is 40.0 Å². The van der Waals surface area contributed by atoms with Crippen LogP contribution >= 0.6 is 0 Å². The molecule has 1 amide bonds. The van der Waals surface area contributed by atoms with E-state index >= 15 is 0 Å². The molecule has 0 saturated heterocycles. The third-order valence-electron chi connectivity index (χ3n) is 3.26. The van der Waals surface area contributed by atoms with E-state index in [0.717, 1.165) is 6.54 Å². The molecule has 5 heteroatoms. The standard InChI is InChI=1S/C15H25N3O2/c1-6-18(11(2)10-17(3)4)15(19)14-12(16)8-7-9-13(14)20-5/h7-9,11H,6,10,16H2,1-5H3. The fourth-order valence-electron chi connectivity index (χ4n) is 2.37. The van der Waals surface area contributed by atoms with Crippen molar-refractivity contribution in [3.8, 4) is 5.75 Å². The van der Waals surface area contributed by atoms with Crippen molar-refractivity contribution in [2.45, 2.75) is 19.9 Å². The first kappa shape index (κ1) is 16.3. The number of benzene rings is 1. The Kier molecular flexibility index (Phi) is 5.82. The van der Waals surface area contributed by atoms with Gasteiger partial charge in [-0.3, -0.25) is 4.79 Å². The Bertz CT molecular complexity index is 460. The quantitative estimate of drug-likeness (QED) is 0.805. The maximum Gasteiger partial charge on any atom is 0.260 e. The molecule has 1 aromatic carbocycles. The Morgan fingerprint density at radius 3 is 2.55 bits per heavy atom. The molecule has 0 aliphatic rings. The van der Waals surface area contributed by atoms with Crippen LogP contribution in [0, 0.1) is 0 Å².